The quantitative estimate of drug-likeness (QED) is 0.721. The van der Waals surface area contributed by atoms with Crippen LogP contribution in [0, 0.1) is 6.92 Å². The van der Waals surface area contributed by atoms with E-state index in [1.54, 1.807) is 4.98 Å². The van der Waals surface area contributed by atoms with Crippen molar-refractivity contribution in [3.63, 3.8) is 0 Å². The minimum Gasteiger partial charge on any atom is -0.297 e. The largest absolute Gasteiger partial charge is 0.344 e. The Kier molecular flexibility index (Phi) is 2.65. The van der Waals surface area contributed by atoms with Gasteiger partial charge in [-0.3, -0.25) is 9.78 Å². The van der Waals surface area contributed by atoms with Crippen molar-refractivity contribution in [2.45, 2.75) is 17.8 Å². The van der Waals surface area contributed by atoms with Crippen molar-refractivity contribution in [2.24, 2.45) is 0 Å². The van der Waals surface area contributed by atoms with Gasteiger partial charge in [0.05, 0.1) is 0 Å². The van der Waals surface area contributed by atoms with Crippen molar-refractivity contribution >= 4 is 9.84 Å². The molecular weight excluding hydrogens is 218 g/mol. The smallest absolute Gasteiger partial charge is 0.297 e. The van der Waals surface area contributed by atoms with Gasteiger partial charge in [0.1, 0.15) is 0 Å². The van der Waals surface area contributed by atoms with Crippen LogP contribution in [0.15, 0.2) is 16.0 Å². The van der Waals surface area contributed by atoms with Crippen LogP contribution in [0.4, 0.5) is 8.78 Å². The second kappa shape index (κ2) is 3.45. The van der Waals surface area contributed by atoms with Crippen LogP contribution in [-0.2, 0) is 9.84 Å². The van der Waals surface area contributed by atoms with Crippen molar-refractivity contribution in [2.75, 3.05) is 0 Å². The number of aromatic nitrogens is 2. The summed E-state index contributed by atoms with van der Waals surface area (Å²) in [4.78, 5) is 15.8. The summed E-state index contributed by atoms with van der Waals surface area (Å²) in [5, 5.41) is -1.00. The highest BCUT2D eigenvalue weighted by molar-refractivity contribution is 7.91. The fourth-order valence-corrected chi connectivity index (χ4v) is 1.45. The molecule has 0 aliphatic rings. The average molecular weight is 224 g/mol. The second-order valence-corrected chi connectivity index (χ2v) is 4.33. The molecule has 0 atom stereocenters. The lowest BCUT2D eigenvalue weighted by molar-refractivity contribution is 0.233. The lowest BCUT2D eigenvalue weighted by atomic mass is 10.5. The van der Waals surface area contributed by atoms with Crippen LogP contribution in [-0.4, -0.2) is 24.1 Å². The van der Waals surface area contributed by atoms with Crippen molar-refractivity contribution in [1.82, 2.24) is 9.97 Å². The first-order chi connectivity index (χ1) is 6.34. The van der Waals surface area contributed by atoms with Gasteiger partial charge in [-0.25, -0.2) is 13.4 Å². The van der Waals surface area contributed by atoms with E-state index >= 15 is 0 Å². The summed E-state index contributed by atoms with van der Waals surface area (Å²) >= 11 is 0. The van der Waals surface area contributed by atoms with Crippen LogP contribution in [0.3, 0.4) is 0 Å². The molecule has 14 heavy (non-hydrogen) atoms. The number of H-pyrrole nitrogens is 1. The molecule has 1 heterocycles. The molecule has 1 aromatic heterocycles. The van der Waals surface area contributed by atoms with E-state index in [-0.39, 0.29) is 5.69 Å². The van der Waals surface area contributed by atoms with Crippen LogP contribution < -0.4 is 5.56 Å². The maximum atomic E-state index is 12.0. The molecule has 1 aromatic rings. The fraction of sp³-hybridized carbons (Fsp3) is 0.333. The number of hydrogen-bond acceptors (Lipinski definition) is 4. The summed E-state index contributed by atoms with van der Waals surface area (Å²) in [7, 11) is -4.82. The summed E-state index contributed by atoms with van der Waals surface area (Å²) in [5.41, 5.74) is -0.718. The Morgan fingerprint density at radius 2 is 2.07 bits per heavy atom. The summed E-state index contributed by atoms with van der Waals surface area (Å²) in [6.45, 7) is 1.33. The van der Waals surface area contributed by atoms with E-state index in [1.165, 1.54) is 6.92 Å². The van der Waals surface area contributed by atoms with E-state index in [4.69, 9.17) is 0 Å². The third kappa shape index (κ3) is 1.95. The van der Waals surface area contributed by atoms with E-state index in [2.05, 4.69) is 4.98 Å². The fourth-order valence-electron chi connectivity index (χ4n) is 0.771. The zero-order valence-electron chi connectivity index (χ0n) is 6.99. The van der Waals surface area contributed by atoms with E-state index in [0.717, 1.165) is 6.07 Å². The molecule has 1 rings (SSSR count). The molecular formula is C6H6F2N2O3S. The highest BCUT2D eigenvalue weighted by Gasteiger charge is 2.29. The van der Waals surface area contributed by atoms with Gasteiger partial charge in [-0.2, -0.15) is 8.78 Å². The van der Waals surface area contributed by atoms with Crippen molar-refractivity contribution in [3.8, 4) is 0 Å². The number of nitrogens with zero attached hydrogens (tertiary/aromatic N) is 1. The zero-order valence-corrected chi connectivity index (χ0v) is 7.81. The Labute approximate surface area is 77.7 Å². The van der Waals surface area contributed by atoms with Gasteiger partial charge in [-0.05, 0) is 6.92 Å². The highest BCUT2D eigenvalue weighted by Crippen LogP contribution is 2.12. The molecule has 0 fully saturated rings. The lowest BCUT2D eigenvalue weighted by Gasteiger charge is -2.01. The van der Waals surface area contributed by atoms with Crippen LogP contribution in [0.2, 0.25) is 0 Å². The SMILES string of the molecule is Cc1cc(=O)[nH]c(S(=O)(=O)C(F)F)n1. The van der Waals surface area contributed by atoms with Crippen LogP contribution in [0.5, 0.6) is 0 Å². The summed E-state index contributed by atoms with van der Waals surface area (Å²) < 4.78 is 45.7. The van der Waals surface area contributed by atoms with Crippen molar-refractivity contribution < 1.29 is 17.2 Å². The minimum absolute atomic E-state index is 0.0629. The number of aromatic amines is 1. The Bertz CT molecular complexity index is 494. The Morgan fingerprint density at radius 3 is 2.50 bits per heavy atom. The predicted octanol–water partition coefficient (Wildman–Crippen LogP) is 0.0746. The molecule has 0 spiro atoms. The monoisotopic (exact) mass is 224 g/mol. The maximum Gasteiger partial charge on any atom is 0.344 e. The molecule has 0 unspecified atom stereocenters. The number of rotatable bonds is 2. The molecule has 78 valence electrons. The Morgan fingerprint density at radius 1 is 1.50 bits per heavy atom. The highest BCUT2D eigenvalue weighted by atomic mass is 32.2. The normalized spacial score (nSPS) is 12.0. The summed E-state index contributed by atoms with van der Waals surface area (Å²) in [5.74, 6) is -3.59. The van der Waals surface area contributed by atoms with E-state index in [1.807, 2.05) is 0 Å². The first-order valence-corrected chi connectivity index (χ1v) is 4.98. The molecule has 0 amide bonds. The summed E-state index contributed by atoms with van der Waals surface area (Å²) in [6.07, 6.45) is 0. The third-order valence-corrected chi connectivity index (χ3v) is 2.55. The molecule has 0 aliphatic carbocycles. The van der Waals surface area contributed by atoms with Crippen molar-refractivity contribution in [3.05, 3.63) is 22.1 Å². The number of sulfone groups is 1. The molecule has 5 nitrogen and oxygen atoms in total. The first kappa shape index (κ1) is 10.8. The zero-order chi connectivity index (χ0) is 10.9. The molecule has 8 heteroatoms. The molecule has 0 saturated carbocycles. The Hall–Kier alpha value is -1.31. The number of alkyl halides is 2. The van der Waals surface area contributed by atoms with E-state index in [9.17, 15) is 22.0 Å². The molecule has 0 aliphatic heterocycles. The van der Waals surface area contributed by atoms with E-state index in [0.29, 0.717) is 0 Å². The third-order valence-electron chi connectivity index (χ3n) is 1.35. The van der Waals surface area contributed by atoms with Gasteiger partial charge >= 0.3 is 5.76 Å². The van der Waals surface area contributed by atoms with Gasteiger partial charge in [0.25, 0.3) is 15.4 Å². The van der Waals surface area contributed by atoms with Gasteiger partial charge in [0.2, 0.25) is 5.16 Å². The number of nitrogens with one attached hydrogen (secondary N) is 1. The second-order valence-electron chi connectivity index (χ2n) is 2.50. The lowest BCUT2D eigenvalue weighted by Crippen LogP contribution is -2.20. The van der Waals surface area contributed by atoms with Gasteiger partial charge in [-0.15, -0.1) is 0 Å². The van der Waals surface area contributed by atoms with Gasteiger partial charge in [0.15, 0.2) is 0 Å². The molecule has 1 N–H and O–H groups in total. The standard InChI is InChI=1S/C6H6F2N2O3S/c1-3-2-4(11)10-6(9-3)14(12,13)5(7)8/h2,5H,1H3,(H,9,10,11). The summed E-state index contributed by atoms with van der Waals surface area (Å²) in [6, 6.07) is 1.00. The van der Waals surface area contributed by atoms with Crippen molar-refractivity contribution in [1.29, 1.82) is 0 Å². The molecule has 0 saturated heterocycles. The molecule has 0 aromatic carbocycles. The maximum absolute atomic E-state index is 12.0. The van der Waals surface area contributed by atoms with Crippen LogP contribution in [0.25, 0.3) is 0 Å². The number of aryl methyl sites for hydroxylation is 1. The topological polar surface area (TPSA) is 79.9 Å². The van der Waals surface area contributed by atoms with Gasteiger partial charge < -0.3 is 0 Å². The van der Waals surface area contributed by atoms with Crippen LogP contribution in [0.1, 0.15) is 5.69 Å². The average Bonchev–Trinajstić information content (AvgIpc) is 2.01. The first-order valence-electron chi connectivity index (χ1n) is 3.44. The Balaban J connectivity index is 3.41. The van der Waals surface area contributed by atoms with Crippen LogP contribution >= 0.6 is 0 Å². The minimum atomic E-state index is -4.82. The van der Waals surface area contributed by atoms with Gasteiger partial charge in [-0.1, -0.05) is 0 Å². The van der Waals surface area contributed by atoms with E-state index < -0.39 is 26.3 Å². The van der Waals surface area contributed by atoms with Gasteiger partial charge in [0, 0.05) is 11.8 Å². The molecule has 0 radical (unpaired) electrons. The molecule has 0 bridgehead atoms. The number of halogens is 2. The predicted molar refractivity (Wildman–Crippen MR) is 42.8 cm³/mol. The number of hydrogen-bond donors (Lipinski definition) is 1.